The van der Waals surface area contributed by atoms with Gasteiger partial charge in [0, 0.05) is 6.42 Å². The van der Waals surface area contributed by atoms with E-state index in [4.69, 9.17) is 13.9 Å². The molecule has 0 saturated carbocycles. The third-order valence-electron chi connectivity index (χ3n) is 5.11. The molecule has 2 heterocycles. The third kappa shape index (κ3) is 5.81. The maximum Gasteiger partial charge on any atom is 0.573 e. The number of amides is 1. The molecule has 4 rings (SSSR count). The summed E-state index contributed by atoms with van der Waals surface area (Å²) in [7, 11) is 1.56. The summed E-state index contributed by atoms with van der Waals surface area (Å²) >= 11 is 0. The topological polar surface area (TPSA) is 90.6 Å². The van der Waals surface area contributed by atoms with Gasteiger partial charge in [0.15, 0.2) is 6.61 Å². The van der Waals surface area contributed by atoms with E-state index in [1.165, 1.54) is 11.3 Å². The first-order valence-corrected chi connectivity index (χ1v) is 10.3. The molecule has 0 fully saturated rings. The van der Waals surface area contributed by atoms with Crippen LogP contribution in [0.4, 0.5) is 13.2 Å². The summed E-state index contributed by atoms with van der Waals surface area (Å²) in [6.07, 6.45) is -2.99. The summed E-state index contributed by atoms with van der Waals surface area (Å²) in [4.78, 5) is 25.2. The Hall–Kier alpha value is -4.28. The molecule has 1 aliphatic heterocycles. The molecular formula is C24H19F3N2O6. The highest BCUT2D eigenvalue weighted by atomic mass is 19.4. The van der Waals surface area contributed by atoms with Crippen LogP contribution in [0.1, 0.15) is 34.1 Å². The quantitative estimate of drug-likeness (QED) is 0.447. The Morgan fingerprint density at radius 2 is 1.74 bits per heavy atom. The van der Waals surface area contributed by atoms with Gasteiger partial charge < -0.3 is 18.6 Å². The van der Waals surface area contributed by atoms with Crippen LogP contribution in [0.2, 0.25) is 0 Å². The van der Waals surface area contributed by atoms with E-state index in [0.717, 1.165) is 29.8 Å². The van der Waals surface area contributed by atoms with Gasteiger partial charge in [-0.15, -0.1) is 13.2 Å². The Kier molecular flexibility index (Phi) is 6.76. The number of carbonyl (C=O) groups excluding carboxylic acids is 2. The van der Waals surface area contributed by atoms with Crippen molar-refractivity contribution >= 4 is 17.6 Å². The lowest BCUT2D eigenvalue weighted by molar-refractivity contribution is -0.274. The number of carbonyl (C=O) groups is 2. The number of ether oxygens (including phenoxy) is 3. The highest BCUT2D eigenvalue weighted by molar-refractivity contribution is 6.03. The number of benzene rings is 2. The van der Waals surface area contributed by atoms with E-state index in [2.05, 4.69) is 9.84 Å². The van der Waals surface area contributed by atoms with Gasteiger partial charge in [0.1, 0.15) is 23.3 Å². The smallest absolute Gasteiger partial charge is 0.497 e. The number of methoxy groups -OCH3 is 1. The van der Waals surface area contributed by atoms with E-state index in [-0.39, 0.29) is 5.56 Å². The summed E-state index contributed by atoms with van der Waals surface area (Å²) in [6.45, 7) is -0.629. The van der Waals surface area contributed by atoms with Gasteiger partial charge in [0.2, 0.25) is 0 Å². The average molecular weight is 488 g/mol. The van der Waals surface area contributed by atoms with E-state index >= 15 is 0 Å². The van der Waals surface area contributed by atoms with Crippen molar-refractivity contribution in [1.82, 2.24) is 5.01 Å². The van der Waals surface area contributed by atoms with Crippen molar-refractivity contribution in [1.29, 1.82) is 0 Å². The van der Waals surface area contributed by atoms with Crippen molar-refractivity contribution in [2.45, 2.75) is 18.8 Å². The van der Waals surface area contributed by atoms with E-state index in [9.17, 15) is 22.8 Å². The molecule has 2 aromatic carbocycles. The predicted molar refractivity (Wildman–Crippen MR) is 116 cm³/mol. The Labute approximate surface area is 197 Å². The Morgan fingerprint density at radius 1 is 1.06 bits per heavy atom. The fourth-order valence-corrected chi connectivity index (χ4v) is 3.47. The number of nitrogens with zero attached hydrogens (tertiary/aromatic N) is 2. The second-order valence-corrected chi connectivity index (χ2v) is 7.40. The van der Waals surface area contributed by atoms with Crippen LogP contribution in [0.3, 0.4) is 0 Å². The Morgan fingerprint density at radius 3 is 2.34 bits per heavy atom. The number of esters is 1. The van der Waals surface area contributed by atoms with Crippen LogP contribution in [-0.4, -0.2) is 42.7 Å². The van der Waals surface area contributed by atoms with E-state index in [1.54, 1.807) is 31.4 Å². The molecule has 35 heavy (non-hydrogen) atoms. The molecule has 1 aliphatic rings. The van der Waals surface area contributed by atoms with Gasteiger partial charge in [-0.1, -0.05) is 0 Å². The molecule has 182 valence electrons. The molecule has 3 aromatic rings. The van der Waals surface area contributed by atoms with Crippen molar-refractivity contribution in [3.05, 3.63) is 83.8 Å². The normalized spacial score (nSPS) is 15.5. The van der Waals surface area contributed by atoms with Crippen LogP contribution in [0, 0.1) is 0 Å². The van der Waals surface area contributed by atoms with Gasteiger partial charge in [-0.05, 0) is 66.2 Å². The molecule has 1 unspecified atom stereocenters. The first-order valence-electron chi connectivity index (χ1n) is 10.3. The predicted octanol–water partition coefficient (Wildman–Crippen LogP) is 4.72. The van der Waals surface area contributed by atoms with E-state index in [0.29, 0.717) is 23.6 Å². The summed E-state index contributed by atoms with van der Waals surface area (Å²) in [5, 5.41) is 5.63. The van der Waals surface area contributed by atoms with Crippen molar-refractivity contribution in [3.63, 3.8) is 0 Å². The second-order valence-electron chi connectivity index (χ2n) is 7.40. The van der Waals surface area contributed by atoms with Gasteiger partial charge >= 0.3 is 12.3 Å². The van der Waals surface area contributed by atoms with Crippen LogP contribution in [0.5, 0.6) is 11.5 Å². The average Bonchev–Trinajstić information content (AvgIpc) is 3.52. The minimum absolute atomic E-state index is 0.0428. The zero-order chi connectivity index (χ0) is 25.0. The van der Waals surface area contributed by atoms with Gasteiger partial charge in [-0.3, -0.25) is 4.79 Å². The molecule has 0 aliphatic carbocycles. The molecule has 8 nitrogen and oxygen atoms in total. The summed E-state index contributed by atoms with van der Waals surface area (Å²) in [5.41, 5.74) is 1.38. The van der Waals surface area contributed by atoms with Crippen LogP contribution in [-0.2, 0) is 9.53 Å². The molecule has 0 bridgehead atoms. The summed E-state index contributed by atoms with van der Waals surface area (Å²) < 4.78 is 56.3. The lowest BCUT2D eigenvalue weighted by Gasteiger charge is -2.19. The fourth-order valence-electron chi connectivity index (χ4n) is 3.47. The van der Waals surface area contributed by atoms with Crippen LogP contribution >= 0.6 is 0 Å². The molecule has 0 N–H and O–H groups in total. The summed E-state index contributed by atoms with van der Waals surface area (Å²) in [6, 6.07) is 14.2. The maximum atomic E-state index is 12.9. The molecule has 1 aromatic heterocycles. The maximum absolute atomic E-state index is 12.9. The van der Waals surface area contributed by atoms with Crippen molar-refractivity contribution in [2.75, 3.05) is 13.7 Å². The first-order chi connectivity index (χ1) is 16.7. The van der Waals surface area contributed by atoms with Gasteiger partial charge in [0.05, 0.1) is 24.6 Å². The fraction of sp³-hybridized carbons (Fsp3) is 0.208. The molecule has 0 radical (unpaired) electrons. The number of hydrogen-bond donors (Lipinski definition) is 0. The highest BCUT2D eigenvalue weighted by Gasteiger charge is 2.35. The minimum atomic E-state index is -4.85. The van der Waals surface area contributed by atoms with Gasteiger partial charge in [-0.2, -0.15) is 5.10 Å². The minimum Gasteiger partial charge on any atom is -0.497 e. The van der Waals surface area contributed by atoms with Gasteiger partial charge in [0.25, 0.3) is 5.91 Å². The number of hydrazone groups is 1. The second kappa shape index (κ2) is 9.92. The monoisotopic (exact) mass is 488 g/mol. The highest BCUT2D eigenvalue weighted by Crippen LogP contribution is 2.33. The zero-order valence-electron chi connectivity index (χ0n) is 18.3. The van der Waals surface area contributed by atoms with Crippen LogP contribution in [0.15, 0.2) is 76.4 Å². The largest absolute Gasteiger partial charge is 0.573 e. The van der Waals surface area contributed by atoms with Crippen LogP contribution in [0.25, 0.3) is 0 Å². The van der Waals surface area contributed by atoms with Gasteiger partial charge in [-0.25, -0.2) is 9.80 Å². The number of halogens is 3. The van der Waals surface area contributed by atoms with Crippen molar-refractivity contribution in [3.8, 4) is 11.5 Å². The van der Waals surface area contributed by atoms with Crippen LogP contribution < -0.4 is 9.47 Å². The van der Waals surface area contributed by atoms with E-state index in [1.807, 2.05) is 12.1 Å². The number of hydrogen-bond acceptors (Lipinski definition) is 7. The summed E-state index contributed by atoms with van der Waals surface area (Å²) in [5.74, 6) is -0.779. The van der Waals surface area contributed by atoms with Crippen molar-refractivity contribution in [2.24, 2.45) is 5.10 Å². The lowest BCUT2D eigenvalue weighted by Crippen LogP contribution is -2.31. The number of alkyl halides is 3. The lowest BCUT2D eigenvalue weighted by atomic mass is 10.0. The SMILES string of the molecule is COc1ccc(C2=NN(C(=O)COC(=O)c3ccc(OC(F)(F)F)cc3)C(c3ccco3)C2)cc1. The molecule has 1 amide bonds. The third-order valence-corrected chi connectivity index (χ3v) is 5.11. The molecule has 1 atom stereocenters. The van der Waals surface area contributed by atoms with E-state index < -0.39 is 36.6 Å². The number of rotatable bonds is 7. The first kappa shape index (κ1) is 23.9. The standard InChI is InChI=1S/C24H19F3N2O6/c1-32-17-8-4-15(5-9-17)19-13-20(21-3-2-12-33-21)29(28-19)22(30)14-34-23(31)16-6-10-18(11-7-16)35-24(25,26)27/h2-12,20H,13-14H2,1H3. The Balaban J connectivity index is 1.44. The zero-order valence-corrected chi connectivity index (χ0v) is 18.3. The molecule has 0 saturated heterocycles. The Bertz CT molecular complexity index is 1210. The van der Waals surface area contributed by atoms with Crippen molar-refractivity contribution < 1.29 is 41.4 Å². The molecule has 11 heteroatoms. The molecular weight excluding hydrogens is 469 g/mol. The number of furan rings is 1. The molecule has 0 spiro atoms.